The molecule has 1 heterocycles. The number of aromatic nitrogens is 2. The Bertz CT molecular complexity index is 780. The molecule has 0 bridgehead atoms. The number of aliphatic carboxylic acids is 1. The predicted molar refractivity (Wildman–Crippen MR) is 108 cm³/mol. The third-order valence-electron chi connectivity index (χ3n) is 4.37. The summed E-state index contributed by atoms with van der Waals surface area (Å²) in [4.78, 5) is 65.6. The van der Waals surface area contributed by atoms with Crippen molar-refractivity contribution < 1.29 is 29.1 Å². The maximum atomic E-state index is 12.6. The van der Waals surface area contributed by atoms with Gasteiger partial charge in [0.15, 0.2) is 0 Å². The topological polar surface area (TPSA) is 222 Å². The highest BCUT2D eigenvalue weighted by atomic mass is 16.4. The van der Waals surface area contributed by atoms with Crippen molar-refractivity contribution in [1.82, 2.24) is 25.9 Å². The summed E-state index contributed by atoms with van der Waals surface area (Å²) < 4.78 is 0. The SMILES string of the molecule is CC(C)C(N)C(=O)NC(Cc1cnc[nH]1)C(=O)NCC(=O)NC(CCC(N)=O)C(=O)O. The summed E-state index contributed by atoms with van der Waals surface area (Å²) in [7, 11) is 0. The molecule has 0 aromatic carbocycles. The van der Waals surface area contributed by atoms with Gasteiger partial charge in [-0.2, -0.15) is 0 Å². The monoisotopic (exact) mass is 439 g/mol. The molecule has 4 amide bonds. The molecule has 9 N–H and O–H groups in total. The van der Waals surface area contributed by atoms with Gasteiger partial charge in [-0.25, -0.2) is 9.78 Å². The Morgan fingerprint density at radius 3 is 2.32 bits per heavy atom. The minimum absolute atomic E-state index is 0.0698. The number of nitrogens with two attached hydrogens (primary N) is 2. The van der Waals surface area contributed by atoms with E-state index in [1.807, 2.05) is 0 Å². The lowest BCUT2D eigenvalue weighted by molar-refractivity contribution is -0.142. The zero-order chi connectivity index (χ0) is 23.6. The Balaban J connectivity index is 2.71. The van der Waals surface area contributed by atoms with Gasteiger partial charge in [0, 0.05) is 24.7 Å². The van der Waals surface area contributed by atoms with Crippen molar-refractivity contribution in [2.45, 2.75) is 51.2 Å². The number of carboxylic acid groups (broad SMARTS) is 1. The third kappa shape index (κ3) is 9.25. The van der Waals surface area contributed by atoms with Crippen molar-refractivity contribution >= 4 is 29.6 Å². The van der Waals surface area contributed by atoms with Crippen LogP contribution >= 0.6 is 0 Å². The smallest absolute Gasteiger partial charge is 0.326 e. The van der Waals surface area contributed by atoms with E-state index in [0.717, 1.165) is 0 Å². The van der Waals surface area contributed by atoms with Crippen LogP contribution in [0.25, 0.3) is 0 Å². The van der Waals surface area contributed by atoms with E-state index in [9.17, 15) is 24.0 Å². The Hall–Kier alpha value is -3.48. The molecule has 0 spiro atoms. The predicted octanol–water partition coefficient (Wildman–Crippen LogP) is -2.63. The number of hydrogen-bond acceptors (Lipinski definition) is 7. The summed E-state index contributed by atoms with van der Waals surface area (Å²) in [6, 6.07) is -3.21. The quantitative estimate of drug-likeness (QED) is 0.172. The number of hydrogen-bond donors (Lipinski definition) is 7. The van der Waals surface area contributed by atoms with Crippen molar-refractivity contribution in [1.29, 1.82) is 0 Å². The van der Waals surface area contributed by atoms with Gasteiger partial charge in [0.25, 0.3) is 0 Å². The highest BCUT2D eigenvalue weighted by Gasteiger charge is 2.27. The molecule has 0 radical (unpaired) electrons. The maximum Gasteiger partial charge on any atom is 0.326 e. The van der Waals surface area contributed by atoms with E-state index in [-0.39, 0.29) is 25.2 Å². The molecular weight excluding hydrogens is 410 g/mol. The van der Waals surface area contributed by atoms with Gasteiger partial charge in [-0.3, -0.25) is 19.2 Å². The van der Waals surface area contributed by atoms with Gasteiger partial charge in [-0.05, 0) is 12.3 Å². The average Bonchev–Trinajstić information content (AvgIpc) is 3.20. The summed E-state index contributed by atoms with van der Waals surface area (Å²) >= 11 is 0. The molecule has 0 aliphatic rings. The van der Waals surface area contributed by atoms with Crippen LogP contribution in [0.5, 0.6) is 0 Å². The summed E-state index contributed by atoms with van der Waals surface area (Å²) in [5.74, 6) is -4.18. The molecule has 172 valence electrons. The van der Waals surface area contributed by atoms with E-state index in [4.69, 9.17) is 16.6 Å². The number of nitrogens with zero attached hydrogens (tertiary/aromatic N) is 1. The second-order valence-electron chi connectivity index (χ2n) is 7.29. The third-order valence-corrected chi connectivity index (χ3v) is 4.37. The van der Waals surface area contributed by atoms with Crippen LogP contribution in [0.2, 0.25) is 0 Å². The van der Waals surface area contributed by atoms with Crippen LogP contribution in [0.4, 0.5) is 0 Å². The molecule has 1 rings (SSSR count). The Morgan fingerprint density at radius 1 is 1.13 bits per heavy atom. The summed E-state index contributed by atoms with van der Waals surface area (Å²) in [5, 5.41) is 16.2. The maximum absolute atomic E-state index is 12.6. The molecule has 1 aromatic rings. The fraction of sp³-hybridized carbons (Fsp3) is 0.556. The lowest BCUT2D eigenvalue weighted by atomic mass is 10.0. The zero-order valence-electron chi connectivity index (χ0n) is 17.4. The fourth-order valence-electron chi connectivity index (χ4n) is 2.48. The Labute approximate surface area is 178 Å². The van der Waals surface area contributed by atoms with Gasteiger partial charge >= 0.3 is 5.97 Å². The molecule has 0 saturated heterocycles. The summed E-state index contributed by atoms with van der Waals surface area (Å²) in [6.07, 6.45) is 2.56. The molecule has 3 unspecified atom stereocenters. The van der Waals surface area contributed by atoms with E-state index in [0.29, 0.717) is 5.69 Å². The number of carbonyl (C=O) groups is 5. The van der Waals surface area contributed by atoms with Gasteiger partial charge in [0.2, 0.25) is 23.6 Å². The first kappa shape index (κ1) is 25.6. The molecular formula is C18H29N7O6. The molecule has 13 nitrogen and oxygen atoms in total. The van der Waals surface area contributed by atoms with E-state index in [1.165, 1.54) is 12.5 Å². The zero-order valence-corrected chi connectivity index (χ0v) is 17.4. The first-order chi connectivity index (χ1) is 14.5. The molecule has 0 saturated carbocycles. The van der Waals surface area contributed by atoms with Crippen LogP contribution < -0.4 is 27.4 Å². The number of carboxylic acids is 1. The highest BCUT2D eigenvalue weighted by molar-refractivity contribution is 5.92. The fourth-order valence-corrected chi connectivity index (χ4v) is 2.48. The van der Waals surface area contributed by atoms with Gasteiger partial charge in [0.05, 0.1) is 18.9 Å². The highest BCUT2D eigenvalue weighted by Crippen LogP contribution is 2.03. The minimum Gasteiger partial charge on any atom is -0.480 e. The average molecular weight is 439 g/mol. The molecule has 0 aliphatic carbocycles. The number of rotatable bonds is 13. The van der Waals surface area contributed by atoms with E-state index < -0.39 is 54.3 Å². The second kappa shape index (κ2) is 12.3. The number of imidazole rings is 1. The van der Waals surface area contributed by atoms with Crippen LogP contribution in [-0.2, 0) is 30.4 Å². The van der Waals surface area contributed by atoms with Crippen LogP contribution in [0, 0.1) is 5.92 Å². The van der Waals surface area contributed by atoms with E-state index in [1.54, 1.807) is 13.8 Å². The van der Waals surface area contributed by atoms with Crippen LogP contribution in [0.1, 0.15) is 32.4 Å². The lowest BCUT2D eigenvalue weighted by Crippen LogP contribution is -2.55. The van der Waals surface area contributed by atoms with E-state index >= 15 is 0 Å². The largest absolute Gasteiger partial charge is 0.480 e. The van der Waals surface area contributed by atoms with Crippen molar-refractivity contribution in [2.24, 2.45) is 17.4 Å². The lowest BCUT2D eigenvalue weighted by Gasteiger charge is -2.22. The number of H-pyrrole nitrogens is 1. The standard InChI is InChI=1S/C18H29N7O6/c1-9(2)15(20)17(29)25-12(5-10-6-21-8-23-10)16(28)22-7-14(27)24-11(18(30)31)3-4-13(19)26/h6,8-9,11-12,15H,3-5,7,20H2,1-2H3,(H2,19,26)(H,21,23)(H,22,28)(H,24,27)(H,25,29)(H,30,31). The molecule has 0 fully saturated rings. The van der Waals surface area contributed by atoms with Crippen molar-refractivity contribution in [2.75, 3.05) is 6.54 Å². The number of carbonyl (C=O) groups excluding carboxylic acids is 4. The number of nitrogens with one attached hydrogen (secondary N) is 4. The Morgan fingerprint density at radius 2 is 1.81 bits per heavy atom. The molecule has 0 aliphatic heterocycles. The first-order valence-electron chi connectivity index (χ1n) is 9.62. The molecule has 31 heavy (non-hydrogen) atoms. The van der Waals surface area contributed by atoms with E-state index in [2.05, 4.69) is 25.9 Å². The van der Waals surface area contributed by atoms with Gasteiger partial charge < -0.3 is 37.5 Å². The number of primary amides is 1. The number of aromatic amines is 1. The van der Waals surface area contributed by atoms with Gasteiger partial charge in [-0.15, -0.1) is 0 Å². The molecule has 3 atom stereocenters. The van der Waals surface area contributed by atoms with Crippen LogP contribution in [-0.4, -0.2) is 69.3 Å². The van der Waals surface area contributed by atoms with Crippen molar-refractivity contribution in [3.8, 4) is 0 Å². The van der Waals surface area contributed by atoms with Crippen LogP contribution in [0.3, 0.4) is 0 Å². The number of amides is 4. The first-order valence-corrected chi connectivity index (χ1v) is 9.62. The summed E-state index contributed by atoms with van der Waals surface area (Å²) in [6.45, 7) is 2.98. The normalized spacial score (nSPS) is 13.7. The minimum atomic E-state index is -1.34. The van der Waals surface area contributed by atoms with Gasteiger partial charge in [0.1, 0.15) is 12.1 Å². The van der Waals surface area contributed by atoms with Crippen molar-refractivity contribution in [3.05, 3.63) is 18.2 Å². The Kier molecular flexibility index (Phi) is 10.1. The summed E-state index contributed by atoms with van der Waals surface area (Å²) in [5.41, 5.74) is 11.4. The molecule has 13 heteroatoms. The van der Waals surface area contributed by atoms with Crippen molar-refractivity contribution in [3.63, 3.8) is 0 Å². The van der Waals surface area contributed by atoms with Crippen LogP contribution in [0.15, 0.2) is 12.5 Å². The molecule has 1 aromatic heterocycles. The van der Waals surface area contributed by atoms with Gasteiger partial charge in [-0.1, -0.05) is 13.8 Å². The second-order valence-corrected chi connectivity index (χ2v) is 7.29.